The number of nitrogens with one attached hydrogen (secondary N) is 1. The van der Waals surface area contributed by atoms with Gasteiger partial charge in [0.2, 0.25) is 0 Å². The zero-order valence-corrected chi connectivity index (χ0v) is 24.1. The van der Waals surface area contributed by atoms with Gasteiger partial charge in [0, 0.05) is 12.5 Å². The number of aliphatic imine (C=N–C) groups is 1. The Morgan fingerprint density at radius 3 is 2.49 bits per heavy atom. The van der Waals surface area contributed by atoms with E-state index in [4.69, 9.17) is 16.8 Å². The van der Waals surface area contributed by atoms with Gasteiger partial charge in [0.25, 0.3) is 0 Å². The van der Waals surface area contributed by atoms with Gasteiger partial charge in [0.05, 0.1) is 6.54 Å². The van der Waals surface area contributed by atoms with Gasteiger partial charge in [-0.05, 0) is 58.7 Å². The molecule has 0 amide bonds. The highest BCUT2D eigenvalue weighted by Crippen LogP contribution is 2.34. The van der Waals surface area contributed by atoms with Crippen molar-refractivity contribution in [1.29, 1.82) is 0 Å². The normalized spacial score (nSPS) is 13.0. The Kier molecular flexibility index (Phi) is 13.0. The van der Waals surface area contributed by atoms with Crippen LogP contribution in [0.2, 0.25) is 0 Å². The van der Waals surface area contributed by atoms with Crippen LogP contribution in [0, 0.1) is 0 Å². The number of nitrogens with two attached hydrogens (primary N) is 2. The van der Waals surface area contributed by atoms with Crippen LogP contribution in [-0.4, -0.2) is 40.9 Å². The number of aromatic amines is 1. The summed E-state index contributed by atoms with van der Waals surface area (Å²) in [6.07, 6.45) is 14.1. The van der Waals surface area contributed by atoms with Gasteiger partial charge in [-0.15, -0.1) is 0 Å². The van der Waals surface area contributed by atoms with Crippen molar-refractivity contribution in [3.63, 3.8) is 0 Å². The van der Waals surface area contributed by atoms with Crippen molar-refractivity contribution in [3.05, 3.63) is 82.8 Å². The highest BCUT2D eigenvalue weighted by molar-refractivity contribution is 5.84. The van der Waals surface area contributed by atoms with Crippen LogP contribution in [0.1, 0.15) is 81.8 Å². The largest absolute Gasteiger partial charge is 0.478 e. The topological polar surface area (TPSA) is 149 Å². The number of carbonyl (C=O) groups excluding carboxylic acids is 1. The van der Waals surface area contributed by atoms with Gasteiger partial charge in [-0.2, -0.15) is 0 Å². The molecular weight excluding hydrogens is 514 g/mol. The Labute approximate surface area is 243 Å². The third-order valence-corrected chi connectivity index (χ3v) is 7.47. The average Bonchev–Trinajstić information content (AvgIpc) is 3.46. The summed E-state index contributed by atoms with van der Waals surface area (Å²) in [6.45, 7) is 2.30. The first-order chi connectivity index (χ1) is 19.9. The molecule has 3 aromatic rings. The second-order valence-electron chi connectivity index (χ2n) is 10.6. The van der Waals surface area contributed by atoms with Crippen molar-refractivity contribution >= 4 is 34.8 Å². The van der Waals surface area contributed by atoms with E-state index in [1.165, 1.54) is 43.7 Å². The molecule has 6 N–H and O–H groups in total. The van der Waals surface area contributed by atoms with Crippen LogP contribution in [-0.2, 0) is 16.0 Å². The monoisotopic (exact) mass is 558 g/mol. The summed E-state index contributed by atoms with van der Waals surface area (Å²) < 4.78 is 0. The average molecular weight is 559 g/mol. The summed E-state index contributed by atoms with van der Waals surface area (Å²) in [5.41, 5.74) is 14.0. The van der Waals surface area contributed by atoms with E-state index in [0.717, 1.165) is 41.9 Å². The van der Waals surface area contributed by atoms with Crippen LogP contribution in [0.25, 0.3) is 16.1 Å². The lowest BCUT2D eigenvalue weighted by atomic mass is 9.85. The number of aromatic nitrogens is 1. The summed E-state index contributed by atoms with van der Waals surface area (Å²) in [4.78, 5) is 30.0. The van der Waals surface area contributed by atoms with Crippen LogP contribution in [0.3, 0.4) is 0 Å². The number of fused-ring (bicyclic) bond motifs is 1. The number of rotatable bonds is 19. The third-order valence-electron chi connectivity index (χ3n) is 7.47. The van der Waals surface area contributed by atoms with Crippen molar-refractivity contribution in [2.24, 2.45) is 16.5 Å². The number of hydrogen-bond donors (Lipinski definition) is 4. The first-order valence-corrected chi connectivity index (χ1v) is 14.7. The third kappa shape index (κ3) is 10.8. The number of H-pyrrole nitrogens is 1. The molecule has 0 fully saturated rings. The number of carboxylic acids is 1. The van der Waals surface area contributed by atoms with Gasteiger partial charge >= 0.3 is 5.97 Å². The molecule has 2 aromatic carbocycles. The lowest BCUT2D eigenvalue weighted by Gasteiger charge is -2.29. The predicted molar refractivity (Wildman–Crippen MR) is 168 cm³/mol. The summed E-state index contributed by atoms with van der Waals surface area (Å²) in [7, 11) is 0. The molecule has 2 unspecified atom stereocenters. The molecule has 8 heteroatoms. The maximum Gasteiger partial charge on any atom is 0.328 e. The minimum absolute atomic E-state index is 0.0705. The smallest absolute Gasteiger partial charge is 0.328 e. The van der Waals surface area contributed by atoms with Crippen molar-refractivity contribution in [1.82, 2.24) is 4.98 Å². The standard InChI is InChI=1S/C33H44N5O3/c1-2-3-4-5-6-7-9-25(27-14-13-26-12-11-24(17-19-39)20-28(26)21-27)15-16-30(38-31-10-8-18-36-31)29(22-32(40)41)23-37-33(34)35/h8,10-14,18-22,25,30,36H,2-7,9,15-17,23H2,1H3,(H,40,41)(H4,34,35,37)/q-1. The molecule has 1 heterocycles. The van der Waals surface area contributed by atoms with Crippen LogP contribution in [0.4, 0.5) is 5.82 Å². The molecular formula is C33H44N5O3-. The van der Waals surface area contributed by atoms with E-state index in [9.17, 15) is 14.7 Å². The first kappa shape index (κ1) is 31.5. The number of hydrogen-bond acceptors (Lipinski definition) is 3. The first-order valence-electron chi connectivity index (χ1n) is 14.7. The van der Waals surface area contributed by atoms with Crippen molar-refractivity contribution in [2.75, 3.05) is 6.54 Å². The molecule has 41 heavy (non-hydrogen) atoms. The van der Waals surface area contributed by atoms with Crippen LogP contribution < -0.4 is 11.5 Å². The number of unbranched alkanes of at least 4 members (excludes halogenated alkanes) is 5. The van der Waals surface area contributed by atoms with Crippen molar-refractivity contribution in [2.45, 2.75) is 83.1 Å². The summed E-state index contributed by atoms with van der Waals surface area (Å²) >= 11 is 0. The van der Waals surface area contributed by atoms with E-state index in [1.807, 2.05) is 18.2 Å². The number of guanidine groups is 1. The van der Waals surface area contributed by atoms with Crippen LogP contribution in [0.5, 0.6) is 0 Å². The molecule has 0 aliphatic heterocycles. The minimum atomic E-state index is -1.05. The van der Waals surface area contributed by atoms with Crippen LogP contribution in [0.15, 0.2) is 71.4 Å². The van der Waals surface area contributed by atoms with Crippen molar-refractivity contribution in [3.8, 4) is 0 Å². The number of aliphatic carboxylic acids is 1. The van der Waals surface area contributed by atoms with E-state index in [2.05, 4.69) is 47.2 Å². The molecule has 0 aliphatic rings. The van der Waals surface area contributed by atoms with E-state index < -0.39 is 12.0 Å². The molecule has 0 saturated heterocycles. The summed E-state index contributed by atoms with van der Waals surface area (Å²) in [5.74, 6) is -0.194. The maximum atomic E-state index is 11.7. The Balaban J connectivity index is 1.87. The zero-order chi connectivity index (χ0) is 29.5. The summed E-state index contributed by atoms with van der Waals surface area (Å²) in [5, 5.41) is 16.7. The van der Waals surface area contributed by atoms with Crippen molar-refractivity contribution < 1.29 is 14.7 Å². The lowest BCUT2D eigenvalue weighted by Crippen LogP contribution is -2.24. The quantitative estimate of drug-likeness (QED) is 0.0416. The van der Waals surface area contributed by atoms with Gasteiger partial charge in [-0.25, -0.2) is 9.79 Å². The fourth-order valence-electron chi connectivity index (χ4n) is 5.29. The number of aldehydes is 1. The molecule has 1 aromatic heterocycles. The molecule has 0 saturated carbocycles. The van der Waals surface area contributed by atoms with E-state index in [1.54, 1.807) is 6.20 Å². The Hall–Kier alpha value is -4.07. The van der Waals surface area contributed by atoms with Gasteiger partial charge < -0.3 is 31.7 Å². The maximum absolute atomic E-state index is 11.7. The molecule has 0 radical (unpaired) electrons. The van der Waals surface area contributed by atoms with Gasteiger partial charge in [0.1, 0.15) is 6.29 Å². The summed E-state index contributed by atoms with van der Waals surface area (Å²) in [6, 6.07) is 16.1. The molecule has 3 rings (SSSR count). The second kappa shape index (κ2) is 16.9. The molecule has 220 valence electrons. The molecule has 0 aliphatic carbocycles. The lowest BCUT2D eigenvalue weighted by molar-refractivity contribution is -0.131. The number of carbonyl (C=O) groups is 2. The SMILES string of the molecule is CCCCCCCCC(CCC([N-]c1ccc[nH]1)C(=CC(=O)O)CN=C(N)N)c1ccc2ccc(CC=O)cc2c1. The predicted octanol–water partition coefficient (Wildman–Crippen LogP) is 6.88. The molecule has 0 bridgehead atoms. The minimum Gasteiger partial charge on any atom is -0.478 e. The Morgan fingerprint density at radius 2 is 1.78 bits per heavy atom. The molecule has 2 atom stereocenters. The van der Waals surface area contributed by atoms with E-state index in [0.29, 0.717) is 24.2 Å². The number of benzene rings is 2. The number of carboxylic acid groups (broad SMARTS) is 1. The van der Waals surface area contributed by atoms with Crippen LogP contribution >= 0.6 is 0 Å². The zero-order valence-electron chi connectivity index (χ0n) is 24.1. The van der Waals surface area contributed by atoms with Gasteiger partial charge in [-0.1, -0.05) is 106 Å². The van der Waals surface area contributed by atoms with Gasteiger partial charge in [0.15, 0.2) is 5.96 Å². The number of nitrogens with zero attached hydrogens (tertiary/aromatic N) is 2. The van der Waals surface area contributed by atoms with E-state index in [-0.39, 0.29) is 18.4 Å². The molecule has 0 spiro atoms. The second-order valence-corrected chi connectivity index (χ2v) is 10.6. The highest BCUT2D eigenvalue weighted by Gasteiger charge is 2.18. The van der Waals surface area contributed by atoms with E-state index >= 15 is 0 Å². The fraction of sp³-hybridized carbons (Fsp3) is 0.424. The Bertz CT molecular complexity index is 1300. The fourth-order valence-corrected chi connectivity index (χ4v) is 5.29. The van der Waals surface area contributed by atoms with Gasteiger partial charge in [-0.3, -0.25) is 0 Å². The molecule has 8 nitrogen and oxygen atoms in total. The Morgan fingerprint density at radius 1 is 1.00 bits per heavy atom. The highest BCUT2D eigenvalue weighted by atomic mass is 16.4.